The zero-order valence-corrected chi connectivity index (χ0v) is 13.9. The van der Waals surface area contributed by atoms with Gasteiger partial charge < -0.3 is 0 Å². The van der Waals surface area contributed by atoms with Gasteiger partial charge in [0.2, 0.25) is 0 Å². The Morgan fingerprint density at radius 1 is 1.24 bits per heavy atom. The molecule has 2 nitrogen and oxygen atoms in total. The van der Waals surface area contributed by atoms with E-state index in [0.29, 0.717) is 0 Å². The molecule has 2 aromatic rings. The fraction of sp³-hybridized carbons (Fsp3) is 0.500. The summed E-state index contributed by atoms with van der Waals surface area (Å²) < 4.78 is 3.11. The summed E-state index contributed by atoms with van der Waals surface area (Å²) in [5.74, 6) is 0. The number of benzene rings is 1. The van der Waals surface area contributed by atoms with Crippen LogP contribution in [0.5, 0.6) is 0 Å². The van der Waals surface area contributed by atoms with Crippen LogP contribution < -0.4 is 4.87 Å². The number of allylic oxidation sites excluding steroid dienone is 2. The molecule has 114 valence electrons. The molecule has 2 rings (SSSR count). The predicted octanol–water partition coefficient (Wildman–Crippen LogP) is 5.15. The molecule has 0 amide bonds. The van der Waals surface area contributed by atoms with Gasteiger partial charge in [0.05, 0.1) is 10.2 Å². The van der Waals surface area contributed by atoms with E-state index in [2.05, 4.69) is 44.2 Å². The number of hydrogen-bond donors (Lipinski definition) is 0. The molecule has 0 aliphatic rings. The lowest BCUT2D eigenvalue weighted by Crippen LogP contribution is -2.13. The summed E-state index contributed by atoms with van der Waals surface area (Å²) in [6.07, 6.45) is 11.3. The number of fused-ring (bicyclic) bond motifs is 1. The van der Waals surface area contributed by atoms with Crippen molar-refractivity contribution in [3.05, 3.63) is 45.6 Å². The highest BCUT2D eigenvalue weighted by Gasteiger charge is 2.10. The van der Waals surface area contributed by atoms with Gasteiger partial charge in [-0.2, -0.15) is 0 Å². The quantitative estimate of drug-likeness (QED) is 0.488. The molecule has 0 unspecified atom stereocenters. The normalized spacial score (nSPS) is 11.7. The molecule has 0 atom stereocenters. The predicted molar refractivity (Wildman–Crippen MR) is 93.4 cm³/mol. The van der Waals surface area contributed by atoms with Gasteiger partial charge in [-0.15, -0.1) is 0 Å². The third-order valence-electron chi connectivity index (χ3n) is 3.77. The third kappa shape index (κ3) is 4.07. The Balaban J connectivity index is 2.10. The first kappa shape index (κ1) is 16.0. The van der Waals surface area contributed by atoms with Crippen molar-refractivity contribution in [2.75, 3.05) is 0 Å². The summed E-state index contributed by atoms with van der Waals surface area (Å²) in [5.41, 5.74) is 2.52. The molecule has 0 aliphatic carbocycles. The van der Waals surface area contributed by atoms with Gasteiger partial charge in [-0.05, 0) is 50.7 Å². The van der Waals surface area contributed by atoms with E-state index in [-0.39, 0.29) is 4.87 Å². The van der Waals surface area contributed by atoms with Gasteiger partial charge in [0, 0.05) is 6.54 Å². The molecule has 0 radical (unpaired) electrons. The fourth-order valence-corrected chi connectivity index (χ4v) is 3.71. The standard InChI is InChI=1S/C18H25NOS/c1-3-5-6-7-8-9-11-15-12-10-13-16-17(15)19(14-4-2)18(20)21-16/h3,5,10,12-13H,4,6-9,11,14H2,1-2H3. The number of unbranched alkanes of at least 4 members (excludes halogenated alkanes) is 3. The molecule has 0 saturated carbocycles. The van der Waals surface area contributed by atoms with E-state index in [1.807, 2.05) is 4.57 Å². The smallest absolute Gasteiger partial charge is 0.298 e. The van der Waals surface area contributed by atoms with Gasteiger partial charge in [-0.1, -0.05) is 49.0 Å². The lowest BCUT2D eigenvalue weighted by Gasteiger charge is -2.07. The Morgan fingerprint density at radius 3 is 2.86 bits per heavy atom. The van der Waals surface area contributed by atoms with Crippen LogP contribution in [0.3, 0.4) is 0 Å². The molecule has 3 heteroatoms. The van der Waals surface area contributed by atoms with Crippen molar-refractivity contribution < 1.29 is 0 Å². The van der Waals surface area contributed by atoms with Crippen molar-refractivity contribution in [1.82, 2.24) is 4.57 Å². The second-order valence-corrected chi connectivity index (χ2v) is 6.45. The maximum absolute atomic E-state index is 12.1. The highest BCUT2D eigenvalue weighted by atomic mass is 32.1. The Morgan fingerprint density at radius 2 is 2.10 bits per heavy atom. The lowest BCUT2D eigenvalue weighted by atomic mass is 10.0. The molecule has 0 aliphatic heterocycles. The molecule has 0 N–H and O–H groups in total. The summed E-state index contributed by atoms with van der Waals surface area (Å²) in [6.45, 7) is 5.03. The Bertz CT molecular complexity index is 651. The molecule has 0 spiro atoms. The van der Waals surface area contributed by atoms with E-state index in [0.717, 1.165) is 24.1 Å². The number of hydrogen-bond acceptors (Lipinski definition) is 2. The van der Waals surface area contributed by atoms with Crippen LogP contribution in [0.4, 0.5) is 0 Å². The van der Waals surface area contributed by atoms with Crippen LogP contribution in [0.25, 0.3) is 10.2 Å². The largest absolute Gasteiger partial charge is 0.308 e. The number of aromatic nitrogens is 1. The van der Waals surface area contributed by atoms with Crippen LogP contribution in [-0.2, 0) is 13.0 Å². The van der Waals surface area contributed by atoms with Gasteiger partial charge in [0.1, 0.15) is 0 Å². The van der Waals surface area contributed by atoms with Crippen molar-refractivity contribution in [3.8, 4) is 0 Å². The summed E-state index contributed by atoms with van der Waals surface area (Å²) >= 11 is 1.38. The van der Waals surface area contributed by atoms with Crippen LogP contribution in [0, 0.1) is 0 Å². The monoisotopic (exact) mass is 303 g/mol. The molecule has 0 bridgehead atoms. The Hall–Kier alpha value is -1.35. The van der Waals surface area contributed by atoms with Crippen LogP contribution in [-0.4, -0.2) is 4.57 Å². The summed E-state index contributed by atoms with van der Waals surface area (Å²) in [7, 11) is 0. The van der Waals surface area contributed by atoms with Crippen molar-refractivity contribution in [3.63, 3.8) is 0 Å². The van der Waals surface area contributed by atoms with E-state index < -0.39 is 0 Å². The van der Waals surface area contributed by atoms with E-state index in [1.165, 1.54) is 48.1 Å². The zero-order valence-electron chi connectivity index (χ0n) is 13.1. The molecule has 1 heterocycles. The fourth-order valence-electron chi connectivity index (χ4n) is 2.75. The van der Waals surface area contributed by atoms with Gasteiger partial charge in [-0.25, -0.2) is 0 Å². The molecule has 0 fully saturated rings. The van der Waals surface area contributed by atoms with Crippen LogP contribution in [0.15, 0.2) is 35.1 Å². The van der Waals surface area contributed by atoms with Gasteiger partial charge in [0.15, 0.2) is 0 Å². The average molecular weight is 303 g/mol. The minimum Gasteiger partial charge on any atom is -0.298 e. The summed E-state index contributed by atoms with van der Waals surface area (Å²) in [5, 5.41) is 0. The van der Waals surface area contributed by atoms with E-state index in [9.17, 15) is 4.79 Å². The number of rotatable bonds is 8. The van der Waals surface area contributed by atoms with Crippen molar-refractivity contribution in [2.24, 2.45) is 0 Å². The first-order valence-corrected chi connectivity index (χ1v) is 8.82. The van der Waals surface area contributed by atoms with Crippen LogP contribution in [0.1, 0.15) is 51.5 Å². The van der Waals surface area contributed by atoms with Gasteiger partial charge >= 0.3 is 4.87 Å². The summed E-state index contributed by atoms with van der Waals surface area (Å²) in [6, 6.07) is 6.35. The van der Waals surface area contributed by atoms with Crippen molar-refractivity contribution in [1.29, 1.82) is 0 Å². The lowest BCUT2D eigenvalue weighted by molar-refractivity contribution is 0.672. The molecule has 21 heavy (non-hydrogen) atoms. The minimum absolute atomic E-state index is 0.187. The maximum atomic E-state index is 12.1. The van der Waals surface area contributed by atoms with Crippen molar-refractivity contribution in [2.45, 2.75) is 58.9 Å². The highest BCUT2D eigenvalue weighted by Crippen LogP contribution is 2.23. The molecular weight excluding hydrogens is 278 g/mol. The third-order valence-corrected chi connectivity index (χ3v) is 4.71. The molecule has 0 saturated heterocycles. The first-order chi connectivity index (χ1) is 10.3. The maximum Gasteiger partial charge on any atom is 0.308 e. The zero-order chi connectivity index (χ0) is 15.1. The van der Waals surface area contributed by atoms with Gasteiger partial charge in [0.25, 0.3) is 0 Å². The van der Waals surface area contributed by atoms with E-state index in [4.69, 9.17) is 0 Å². The van der Waals surface area contributed by atoms with E-state index in [1.54, 1.807) is 0 Å². The second kappa shape index (κ2) is 8.18. The van der Waals surface area contributed by atoms with Gasteiger partial charge in [-0.3, -0.25) is 9.36 Å². The van der Waals surface area contributed by atoms with Crippen molar-refractivity contribution >= 4 is 21.6 Å². The number of para-hydroxylation sites is 1. The second-order valence-electron chi connectivity index (χ2n) is 5.45. The SMILES string of the molecule is CC=CCCCCCc1cccc2sc(=O)n(CCC)c12. The Kier molecular flexibility index (Phi) is 6.24. The molecular formula is C18H25NOS. The number of aryl methyl sites for hydroxylation is 2. The highest BCUT2D eigenvalue weighted by molar-refractivity contribution is 7.16. The topological polar surface area (TPSA) is 22.0 Å². The molecule has 1 aromatic heterocycles. The first-order valence-electron chi connectivity index (χ1n) is 8.00. The molecule has 1 aromatic carbocycles. The number of nitrogens with zero attached hydrogens (tertiary/aromatic N) is 1. The van der Waals surface area contributed by atoms with E-state index >= 15 is 0 Å². The average Bonchev–Trinajstić information content (AvgIpc) is 2.80. The Labute approximate surface area is 131 Å². The number of thiazole rings is 1. The van der Waals surface area contributed by atoms with Crippen LogP contribution >= 0.6 is 11.3 Å². The summed E-state index contributed by atoms with van der Waals surface area (Å²) in [4.78, 5) is 12.3. The minimum atomic E-state index is 0.187. The van der Waals surface area contributed by atoms with Crippen LogP contribution in [0.2, 0.25) is 0 Å².